The zero-order valence-electron chi connectivity index (χ0n) is 14.6. The van der Waals surface area contributed by atoms with Crippen molar-refractivity contribution >= 4 is 11.9 Å². The molecule has 0 fully saturated rings. The van der Waals surface area contributed by atoms with Gasteiger partial charge in [0.05, 0.1) is 11.9 Å². The molecule has 0 heterocycles. The molecule has 0 saturated heterocycles. The van der Waals surface area contributed by atoms with Crippen LogP contribution in [0, 0.1) is 0 Å². The maximum Gasteiger partial charge on any atom is 4.00 e. The van der Waals surface area contributed by atoms with Gasteiger partial charge in [-0.3, -0.25) is 0 Å². The van der Waals surface area contributed by atoms with Crippen LogP contribution in [0.15, 0.2) is 24.3 Å². The SMILES string of the molecule is C=C(C)C(=O)[O-].C=C(C)C(=O)[O-].CCCC[O-].CCCC[O-].[Hf+4]. The average molecular weight is 495 g/mol. The summed E-state index contributed by atoms with van der Waals surface area (Å²) in [5.41, 5.74) is 0.130. The molecule has 0 radical (unpaired) electrons. The van der Waals surface area contributed by atoms with Crippen molar-refractivity contribution in [2.45, 2.75) is 53.4 Å². The van der Waals surface area contributed by atoms with Gasteiger partial charge >= 0.3 is 25.8 Å². The summed E-state index contributed by atoms with van der Waals surface area (Å²) in [5, 5.41) is 38.0. The van der Waals surface area contributed by atoms with Gasteiger partial charge in [0.25, 0.3) is 0 Å². The van der Waals surface area contributed by atoms with Crippen LogP contribution in [0.4, 0.5) is 0 Å². The van der Waals surface area contributed by atoms with Crippen molar-refractivity contribution in [2.75, 3.05) is 13.2 Å². The molecule has 23 heavy (non-hydrogen) atoms. The van der Waals surface area contributed by atoms with E-state index in [0.29, 0.717) is 0 Å². The van der Waals surface area contributed by atoms with Gasteiger partial charge in [0.15, 0.2) is 0 Å². The first kappa shape index (κ1) is 33.7. The number of carboxylic acids is 2. The summed E-state index contributed by atoms with van der Waals surface area (Å²) < 4.78 is 0. The number of carbonyl (C=O) groups excluding carboxylic acids is 2. The Balaban J connectivity index is -0.0000000620. The minimum Gasteiger partial charge on any atom is -0.854 e. The average Bonchev–Trinajstić information content (AvgIpc) is 2.42. The third kappa shape index (κ3) is 62.3. The van der Waals surface area contributed by atoms with E-state index >= 15 is 0 Å². The molecule has 0 aromatic rings. The Kier molecular flexibility index (Phi) is 42.9. The number of unbranched alkanes of at least 4 members (excludes halogenated alkanes) is 2. The first-order chi connectivity index (χ1) is 10.1. The molecule has 0 saturated carbocycles. The number of hydrogen-bond donors (Lipinski definition) is 0. The van der Waals surface area contributed by atoms with E-state index < -0.39 is 11.9 Å². The quantitative estimate of drug-likeness (QED) is 0.341. The fraction of sp³-hybridized carbons (Fsp3) is 0.625. The smallest absolute Gasteiger partial charge is 0.854 e. The molecular formula is C16H28HfO6. The van der Waals surface area contributed by atoms with Crippen LogP contribution in [0.25, 0.3) is 0 Å². The van der Waals surface area contributed by atoms with E-state index in [1.165, 1.54) is 13.8 Å². The van der Waals surface area contributed by atoms with Crippen LogP contribution in [0.3, 0.4) is 0 Å². The number of carboxylic acid groups (broad SMARTS) is 2. The number of carbonyl (C=O) groups is 2. The van der Waals surface area contributed by atoms with E-state index in [2.05, 4.69) is 13.2 Å². The summed E-state index contributed by atoms with van der Waals surface area (Å²) in [4.78, 5) is 19.0. The predicted octanol–water partition coefficient (Wildman–Crippen LogP) is -1.08. The summed E-state index contributed by atoms with van der Waals surface area (Å²) in [7, 11) is 0. The summed E-state index contributed by atoms with van der Waals surface area (Å²) in [6.07, 6.45) is 3.73. The fourth-order valence-electron chi connectivity index (χ4n) is 0.289. The third-order valence-electron chi connectivity index (χ3n) is 1.69. The van der Waals surface area contributed by atoms with Gasteiger partial charge in [-0.2, -0.15) is 0 Å². The Morgan fingerprint density at radius 2 is 0.957 bits per heavy atom. The van der Waals surface area contributed by atoms with Crippen LogP contribution in [0.5, 0.6) is 0 Å². The Labute approximate surface area is 158 Å². The second-order valence-electron chi connectivity index (χ2n) is 4.25. The van der Waals surface area contributed by atoms with E-state index in [1.54, 1.807) is 0 Å². The topological polar surface area (TPSA) is 126 Å². The van der Waals surface area contributed by atoms with Crippen molar-refractivity contribution < 1.29 is 55.9 Å². The summed E-state index contributed by atoms with van der Waals surface area (Å²) in [6, 6.07) is 0. The molecule has 7 heteroatoms. The Morgan fingerprint density at radius 1 is 0.783 bits per heavy atom. The Bertz CT molecular complexity index is 245. The molecule has 0 aliphatic carbocycles. The second kappa shape index (κ2) is 29.2. The molecule has 0 atom stereocenters. The van der Waals surface area contributed by atoms with E-state index in [9.17, 15) is 30.0 Å². The van der Waals surface area contributed by atoms with Crippen molar-refractivity contribution in [1.29, 1.82) is 0 Å². The molecule has 0 aliphatic rings. The Morgan fingerprint density at radius 3 is 0.957 bits per heavy atom. The largest absolute Gasteiger partial charge is 4.00 e. The van der Waals surface area contributed by atoms with E-state index in [0.717, 1.165) is 25.7 Å². The zero-order chi connectivity index (χ0) is 18.6. The molecule has 0 spiro atoms. The van der Waals surface area contributed by atoms with Crippen LogP contribution in [-0.2, 0) is 35.4 Å². The summed E-state index contributed by atoms with van der Waals surface area (Å²) in [6.45, 7) is 13.2. The summed E-state index contributed by atoms with van der Waals surface area (Å²) in [5.74, 6) is -2.37. The van der Waals surface area contributed by atoms with Crippen molar-refractivity contribution in [3.63, 3.8) is 0 Å². The maximum absolute atomic E-state index is 9.53. The van der Waals surface area contributed by atoms with E-state index in [1.807, 2.05) is 13.8 Å². The molecule has 6 nitrogen and oxygen atoms in total. The maximum atomic E-state index is 9.53. The zero-order valence-corrected chi connectivity index (χ0v) is 18.2. The first-order valence-electron chi connectivity index (χ1n) is 7.02. The Hall–Kier alpha value is -0.790. The molecule has 0 unspecified atom stereocenters. The van der Waals surface area contributed by atoms with Crippen LogP contribution < -0.4 is 20.4 Å². The predicted molar refractivity (Wildman–Crippen MR) is 79.2 cm³/mol. The molecule has 0 bridgehead atoms. The molecule has 0 aliphatic heterocycles. The van der Waals surface area contributed by atoms with Crippen LogP contribution in [-0.4, -0.2) is 25.2 Å². The van der Waals surface area contributed by atoms with Gasteiger partial charge < -0.3 is 30.0 Å². The number of rotatable bonds is 6. The van der Waals surface area contributed by atoms with Crippen LogP contribution >= 0.6 is 0 Å². The second-order valence-corrected chi connectivity index (χ2v) is 4.25. The van der Waals surface area contributed by atoms with Crippen molar-refractivity contribution in [3.05, 3.63) is 24.3 Å². The first-order valence-corrected chi connectivity index (χ1v) is 7.02. The van der Waals surface area contributed by atoms with Gasteiger partial charge in [-0.05, 0) is 25.0 Å². The summed E-state index contributed by atoms with van der Waals surface area (Å²) >= 11 is 0. The van der Waals surface area contributed by atoms with Crippen molar-refractivity contribution in [3.8, 4) is 0 Å². The molecule has 0 aromatic heterocycles. The molecule has 0 amide bonds. The van der Waals surface area contributed by atoms with Gasteiger partial charge in [0.1, 0.15) is 0 Å². The van der Waals surface area contributed by atoms with E-state index in [4.69, 9.17) is 0 Å². The number of aliphatic carboxylic acids is 2. The van der Waals surface area contributed by atoms with E-state index in [-0.39, 0.29) is 50.2 Å². The molecule has 132 valence electrons. The van der Waals surface area contributed by atoms with Crippen LogP contribution in [0.1, 0.15) is 53.4 Å². The standard InChI is InChI=1S/2C4H6O2.2C4H9O.Hf/c2*1-3(2)4(5)6;2*1-2-3-4-5;/h2*1H2,2H3,(H,5,6);2*2-4H2,1H3;/q;;2*-1;+4/p-2. The molecule has 0 rings (SSSR count). The van der Waals surface area contributed by atoms with Gasteiger partial charge in [-0.1, -0.05) is 52.7 Å². The van der Waals surface area contributed by atoms with Gasteiger partial charge in [0, 0.05) is 0 Å². The third-order valence-corrected chi connectivity index (χ3v) is 1.69. The van der Waals surface area contributed by atoms with Gasteiger partial charge in [-0.15, -0.1) is 13.2 Å². The monoisotopic (exact) mass is 496 g/mol. The molecule has 0 N–H and O–H groups in total. The van der Waals surface area contributed by atoms with Gasteiger partial charge in [0.2, 0.25) is 0 Å². The van der Waals surface area contributed by atoms with Gasteiger partial charge in [-0.25, -0.2) is 0 Å². The van der Waals surface area contributed by atoms with Crippen LogP contribution in [0.2, 0.25) is 0 Å². The minimum atomic E-state index is -1.19. The fourth-order valence-corrected chi connectivity index (χ4v) is 0.289. The molecule has 0 aromatic carbocycles. The molecular weight excluding hydrogens is 467 g/mol. The minimum absolute atomic E-state index is 0. The number of hydrogen-bond acceptors (Lipinski definition) is 6. The normalized spacial score (nSPS) is 7.57. The van der Waals surface area contributed by atoms with Crippen molar-refractivity contribution in [2.24, 2.45) is 0 Å². The van der Waals surface area contributed by atoms with Crippen molar-refractivity contribution in [1.82, 2.24) is 0 Å².